The molecule has 0 aliphatic carbocycles. The van der Waals surface area contributed by atoms with Gasteiger partial charge in [-0.3, -0.25) is 4.98 Å². The van der Waals surface area contributed by atoms with Gasteiger partial charge in [0, 0.05) is 49.5 Å². The fourth-order valence-corrected chi connectivity index (χ4v) is 5.30. The Labute approximate surface area is 273 Å². The second-order valence-corrected chi connectivity index (χ2v) is 12.4. The number of aryl methyl sites for hydroxylation is 3. The van der Waals surface area contributed by atoms with Gasteiger partial charge in [0.15, 0.2) is 0 Å². The molecule has 0 spiro atoms. The summed E-state index contributed by atoms with van der Waals surface area (Å²) in [6.07, 6.45) is 6.59. The number of nitrogens with zero attached hydrogens (tertiary/aromatic N) is 3. The zero-order valence-electron chi connectivity index (χ0n) is 26.0. The standard InChI is InChI=1S/C25H21N2O.C14H14N.Ir/c1-25(2,3)15-16-11-13-26-21(14-16)20-8-4-7-18-19-10-9-17-6-5-12-27-22(17)24(19)28-23(18)20;1-10-4-6-13(7-5-10)14-8-11(2)12(3)9-15-14;/h4-7,9-14H,15H2,1-3H3;4-6,8-9H,1-3H3;/q2*-1;. The van der Waals surface area contributed by atoms with Crippen molar-refractivity contribution in [2.75, 3.05) is 0 Å². The maximum atomic E-state index is 6.36. The fourth-order valence-electron chi connectivity index (χ4n) is 5.30. The molecule has 4 aromatic heterocycles. The summed E-state index contributed by atoms with van der Waals surface area (Å²) in [6.45, 7) is 13.0. The molecular formula is C39H35IrN3O-2. The van der Waals surface area contributed by atoms with Crippen molar-refractivity contribution in [2.45, 2.75) is 48.0 Å². The molecule has 7 rings (SSSR count). The Morgan fingerprint density at radius 1 is 0.750 bits per heavy atom. The van der Waals surface area contributed by atoms with E-state index in [1.54, 1.807) is 6.20 Å². The first-order valence-electron chi connectivity index (χ1n) is 14.6. The smallest absolute Gasteiger partial charge is 0.147 e. The average Bonchev–Trinajstić information content (AvgIpc) is 3.38. The van der Waals surface area contributed by atoms with Crippen LogP contribution in [0.5, 0.6) is 0 Å². The number of pyridine rings is 3. The van der Waals surface area contributed by atoms with Crippen molar-refractivity contribution in [2.24, 2.45) is 5.41 Å². The minimum absolute atomic E-state index is 0. The summed E-state index contributed by atoms with van der Waals surface area (Å²) >= 11 is 0. The minimum atomic E-state index is 0. The van der Waals surface area contributed by atoms with E-state index in [9.17, 15) is 0 Å². The Morgan fingerprint density at radius 2 is 1.57 bits per heavy atom. The predicted molar refractivity (Wildman–Crippen MR) is 177 cm³/mol. The number of hydrogen-bond acceptors (Lipinski definition) is 4. The first-order valence-corrected chi connectivity index (χ1v) is 14.6. The summed E-state index contributed by atoms with van der Waals surface area (Å²) < 4.78 is 6.36. The maximum absolute atomic E-state index is 6.36. The number of fused-ring (bicyclic) bond motifs is 5. The van der Waals surface area contributed by atoms with E-state index in [1.165, 1.54) is 22.3 Å². The molecule has 0 atom stereocenters. The van der Waals surface area contributed by atoms with Crippen LogP contribution in [0.3, 0.4) is 0 Å². The summed E-state index contributed by atoms with van der Waals surface area (Å²) in [5, 5.41) is 3.21. The van der Waals surface area contributed by atoms with Gasteiger partial charge in [0.1, 0.15) is 11.1 Å². The van der Waals surface area contributed by atoms with Crippen LogP contribution in [-0.2, 0) is 26.5 Å². The molecule has 223 valence electrons. The van der Waals surface area contributed by atoms with Crippen LogP contribution in [0, 0.1) is 38.3 Å². The van der Waals surface area contributed by atoms with E-state index in [2.05, 4.69) is 123 Å². The monoisotopic (exact) mass is 754 g/mol. The first-order chi connectivity index (χ1) is 20.7. The molecule has 4 nitrogen and oxygen atoms in total. The SMILES string of the molecule is CC(C)(C)Cc1ccnc(-c2[c-]ccc3c2oc2c3ccc3cccnc32)c1.Cc1c[c-]c(-c2cc(C)c(C)cn2)cc1.[Ir]. The Hall–Kier alpha value is -4.18. The Balaban J connectivity index is 0.000000204. The molecule has 0 aliphatic rings. The van der Waals surface area contributed by atoms with E-state index >= 15 is 0 Å². The third-order valence-corrected chi connectivity index (χ3v) is 7.60. The van der Waals surface area contributed by atoms with Crippen LogP contribution >= 0.6 is 0 Å². The molecule has 1 radical (unpaired) electrons. The number of aromatic nitrogens is 3. The molecule has 0 N–H and O–H groups in total. The molecule has 0 saturated carbocycles. The Bertz CT molecular complexity index is 2070. The van der Waals surface area contributed by atoms with Gasteiger partial charge < -0.3 is 14.4 Å². The second-order valence-electron chi connectivity index (χ2n) is 12.4. The Morgan fingerprint density at radius 3 is 2.32 bits per heavy atom. The van der Waals surface area contributed by atoms with Crippen molar-refractivity contribution in [3.05, 3.63) is 126 Å². The molecule has 3 aromatic carbocycles. The van der Waals surface area contributed by atoms with Gasteiger partial charge in [0.2, 0.25) is 0 Å². The van der Waals surface area contributed by atoms with Gasteiger partial charge >= 0.3 is 0 Å². The molecule has 0 unspecified atom stereocenters. The molecule has 5 heteroatoms. The van der Waals surface area contributed by atoms with Crippen molar-refractivity contribution in [1.82, 2.24) is 15.0 Å². The van der Waals surface area contributed by atoms with E-state index < -0.39 is 0 Å². The molecule has 0 saturated heterocycles. The predicted octanol–water partition coefficient (Wildman–Crippen LogP) is 10.1. The van der Waals surface area contributed by atoms with Gasteiger partial charge in [-0.25, -0.2) is 0 Å². The van der Waals surface area contributed by atoms with Crippen LogP contribution in [0.2, 0.25) is 0 Å². The van der Waals surface area contributed by atoms with Crippen LogP contribution < -0.4 is 0 Å². The van der Waals surface area contributed by atoms with Gasteiger partial charge in [0.25, 0.3) is 0 Å². The number of furan rings is 1. The van der Waals surface area contributed by atoms with Crippen LogP contribution in [0.1, 0.15) is 43.0 Å². The van der Waals surface area contributed by atoms with Crippen LogP contribution in [0.25, 0.3) is 55.4 Å². The maximum Gasteiger partial charge on any atom is 0.147 e. The molecule has 7 aromatic rings. The molecule has 0 aliphatic heterocycles. The summed E-state index contributed by atoms with van der Waals surface area (Å²) in [5.41, 5.74) is 11.6. The molecule has 0 amide bonds. The van der Waals surface area contributed by atoms with Crippen molar-refractivity contribution in [3.8, 4) is 22.5 Å². The van der Waals surface area contributed by atoms with Crippen LogP contribution in [-0.4, -0.2) is 15.0 Å². The van der Waals surface area contributed by atoms with E-state index in [-0.39, 0.29) is 25.5 Å². The first kappa shape index (κ1) is 31.3. The van der Waals surface area contributed by atoms with Gasteiger partial charge in [0.05, 0.1) is 5.58 Å². The van der Waals surface area contributed by atoms with E-state index in [0.29, 0.717) is 0 Å². The zero-order valence-corrected chi connectivity index (χ0v) is 28.3. The average molecular weight is 754 g/mol. The number of rotatable bonds is 3. The quantitative estimate of drug-likeness (QED) is 0.169. The number of benzene rings is 3. The van der Waals surface area contributed by atoms with Gasteiger partial charge in [-0.05, 0) is 54.8 Å². The van der Waals surface area contributed by atoms with Gasteiger partial charge in [-0.2, -0.15) is 0 Å². The molecular weight excluding hydrogens is 719 g/mol. The molecule has 0 fully saturated rings. The minimum Gasteiger partial charge on any atom is -0.498 e. The van der Waals surface area contributed by atoms with Crippen molar-refractivity contribution in [3.63, 3.8) is 0 Å². The topological polar surface area (TPSA) is 51.8 Å². The van der Waals surface area contributed by atoms with Crippen molar-refractivity contribution in [1.29, 1.82) is 0 Å². The summed E-state index contributed by atoms with van der Waals surface area (Å²) in [4.78, 5) is 13.6. The van der Waals surface area contributed by atoms with Crippen LogP contribution in [0.15, 0.2) is 95.8 Å². The fraction of sp³-hybridized carbons (Fsp3) is 0.205. The molecule has 4 heterocycles. The number of hydrogen-bond donors (Lipinski definition) is 0. The summed E-state index contributed by atoms with van der Waals surface area (Å²) in [5.74, 6) is 0. The molecule has 0 bridgehead atoms. The van der Waals surface area contributed by atoms with E-state index in [4.69, 9.17) is 4.42 Å². The summed E-state index contributed by atoms with van der Waals surface area (Å²) in [6, 6.07) is 31.3. The van der Waals surface area contributed by atoms with Gasteiger partial charge in [-0.1, -0.05) is 80.1 Å². The third kappa shape index (κ3) is 6.65. The largest absolute Gasteiger partial charge is 0.498 e. The normalized spacial score (nSPS) is 11.3. The molecule has 44 heavy (non-hydrogen) atoms. The van der Waals surface area contributed by atoms with E-state index in [1.807, 2.05) is 30.6 Å². The van der Waals surface area contributed by atoms with Crippen molar-refractivity contribution < 1.29 is 24.5 Å². The van der Waals surface area contributed by atoms with Crippen molar-refractivity contribution >= 4 is 32.8 Å². The van der Waals surface area contributed by atoms with E-state index in [0.717, 1.165) is 61.8 Å². The zero-order chi connectivity index (χ0) is 30.1. The third-order valence-electron chi connectivity index (χ3n) is 7.60. The summed E-state index contributed by atoms with van der Waals surface area (Å²) in [7, 11) is 0. The van der Waals surface area contributed by atoms with Crippen LogP contribution in [0.4, 0.5) is 0 Å². The second kappa shape index (κ2) is 12.8. The Kier molecular flexibility index (Phi) is 9.10. The van der Waals surface area contributed by atoms with Gasteiger partial charge in [-0.15, -0.1) is 53.6 Å².